The van der Waals surface area contributed by atoms with Crippen molar-refractivity contribution >= 4 is 12.0 Å². The molecular formula is C13H22N4O3. The number of H-pyrrole nitrogens is 1. The number of nitrogens with one attached hydrogen (secondary N) is 3. The van der Waals surface area contributed by atoms with E-state index in [-0.39, 0.29) is 5.92 Å². The molecule has 2 atom stereocenters. The number of carboxylic acids is 1. The van der Waals surface area contributed by atoms with Crippen molar-refractivity contribution < 1.29 is 14.7 Å². The van der Waals surface area contributed by atoms with Gasteiger partial charge in [-0.1, -0.05) is 20.3 Å². The van der Waals surface area contributed by atoms with Gasteiger partial charge in [0.2, 0.25) is 0 Å². The first-order chi connectivity index (χ1) is 9.54. The van der Waals surface area contributed by atoms with Crippen LogP contribution in [0.2, 0.25) is 0 Å². The van der Waals surface area contributed by atoms with Crippen LogP contribution in [0.5, 0.6) is 0 Å². The Morgan fingerprint density at radius 3 is 2.80 bits per heavy atom. The third-order valence-electron chi connectivity index (χ3n) is 3.20. The highest BCUT2D eigenvalue weighted by molar-refractivity contribution is 5.82. The Balaban J connectivity index is 2.26. The largest absolute Gasteiger partial charge is 0.480 e. The van der Waals surface area contributed by atoms with Crippen LogP contribution >= 0.6 is 0 Å². The van der Waals surface area contributed by atoms with Crippen molar-refractivity contribution in [1.29, 1.82) is 0 Å². The minimum Gasteiger partial charge on any atom is -0.480 e. The molecule has 0 aliphatic carbocycles. The number of carbonyl (C=O) groups excluding carboxylic acids is 1. The van der Waals surface area contributed by atoms with Gasteiger partial charge >= 0.3 is 12.0 Å². The summed E-state index contributed by atoms with van der Waals surface area (Å²) in [5.41, 5.74) is 0. The topological polar surface area (TPSA) is 107 Å². The minimum atomic E-state index is -1.01. The average molecular weight is 282 g/mol. The number of carbonyl (C=O) groups is 2. The van der Waals surface area contributed by atoms with Gasteiger partial charge in [-0.25, -0.2) is 14.6 Å². The fraction of sp³-hybridized carbons (Fsp3) is 0.615. The molecule has 0 spiro atoms. The lowest BCUT2D eigenvalue weighted by molar-refractivity contribution is -0.140. The third-order valence-corrected chi connectivity index (χ3v) is 3.20. The number of aromatic nitrogens is 2. The third kappa shape index (κ3) is 5.29. The molecule has 20 heavy (non-hydrogen) atoms. The molecule has 7 nitrogen and oxygen atoms in total. The van der Waals surface area contributed by atoms with Crippen LogP contribution in [0, 0.1) is 5.92 Å². The maximum Gasteiger partial charge on any atom is 0.326 e. The molecule has 1 rings (SSSR count). The van der Waals surface area contributed by atoms with Gasteiger partial charge in [-0.3, -0.25) is 0 Å². The number of carboxylic acid groups (broad SMARTS) is 1. The van der Waals surface area contributed by atoms with E-state index >= 15 is 0 Å². The maximum atomic E-state index is 11.6. The number of urea groups is 1. The van der Waals surface area contributed by atoms with E-state index in [1.165, 1.54) is 0 Å². The first-order valence-electron chi connectivity index (χ1n) is 6.80. The van der Waals surface area contributed by atoms with E-state index in [0.717, 1.165) is 18.7 Å². The molecular weight excluding hydrogens is 260 g/mol. The lowest BCUT2D eigenvalue weighted by atomic mass is 9.99. The van der Waals surface area contributed by atoms with Gasteiger partial charge in [0.15, 0.2) is 0 Å². The zero-order chi connectivity index (χ0) is 15.0. The molecule has 4 N–H and O–H groups in total. The molecule has 0 bridgehead atoms. The quantitative estimate of drug-likeness (QED) is 0.536. The summed E-state index contributed by atoms with van der Waals surface area (Å²) in [6.45, 7) is 4.17. The Labute approximate surface area is 118 Å². The summed E-state index contributed by atoms with van der Waals surface area (Å²) in [4.78, 5) is 29.8. The van der Waals surface area contributed by atoms with Gasteiger partial charge in [0, 0.05) is 25.4 Å². The van der Waals surface area contributed by atoms with E-state index in [1.807, 2.05) is 6.92 Å². The van der Waals surface area contributed by atoms with Gasteiger partial charge in [0.25, 0.3) is 0 Å². The van der Waals surface area contributed by atoms with Gasteiger partial charge in [0.05, 0.1) is 0 Å². The smallest absolute Gasteiger partial charge is 0.326 e. The van der Waals surface area contributed by atoms with Crippen LogP contribution in [0.25, 0.3) is 0 Å². The number of aromatic amines is 1. The number of rotatable bonds is 8. The van der Waals surface area contributed by atoms with Crippen molar-refractivity contribution in [3.8, 4) is 0 Å². The summed E-state index contributed by atoms with van der Waals surface area (Å²) >= 11 is 0. The fourth-order valence-corrected chi connectivity index (χ4v) is 1.77. The molecule has 0 aromatic carbocycles. The zero-order valence-corrected chi connectivity index (χ0v) is 11.8. The van der Waals surface area contributed by atoms with Crippen LogP contribution in [0.4, 0.5) is 4.79 Å². The lowest BCUT2D eigenvalue weighted by Gasteiger charge is -2.20. The summed E-state index contributed by atoms with van der Waals surface area (Å²) in [6.07, 6.45) is 5.59. The van der Waals surface area contributed by atoms with Crippen molar-refractivity contribution in [2.24, 2.45) is 5.92 Å². The van der Waals surface area contributed by atoms with Crippen molar-refractivity contribution in [1.82, 2.24) is 20.6 Å². The number of hydrogen-bond acceptors (Lipinski definition) is 3. The molecule has 0 aliphatic heterocycles. The Morgan fingerprint density at radius 2 is 2.25 bits per heavy atom. The summed E-state index contributed by atoms with van der Waals surface area (Å²) < 4.78 is 0. The van der Waals surface area contributed by atoms with Crippen LogP contribution in [0.3, 0.4) is 0 Å². The number of hydrogen-bond donors (Lipinski definition) is 4. The SMILES string of the molecule is CC[C@H](C)[C@H](NC(=O)NCCCc1ncc[nH]1)C(=O)O. The molecule has 1 heterocycles. The number of imidazole rings is 1. The Morgan fingerprint density at radius 1 is 1.50 bits per heavy atom. The fourth-order valence-electron chi connectivity index (χ4n) is 1.77. The number of aliphatic carboxylic acids is 1. The van der Waals surface area contributed by atoms with E-state index < -0.39 is 18.0 Å². The molecule has 0 saturated carbocycles. The van der Waals surface area contributed by atoms with Gasteiger partial charge in [-0.2, -0.15) is 0 Å². The summed E-state index contributed by atoms with van der Waals surface area (Å²) in [7, 11) is 0. The van der Waals surface area contributed by atoms with Gasteiger partial charge in [-0.15, -0.1) is 0 Å². The van der Waals surface area contributed by atoms with Crippen LogP contribution < -0.4 is 10.6 Å². The highest BCUT2D eigenvalue weighted by Gasteiger charge is 2.24. The molecule has 7 heteroatoms. The normalized spacial score (nSPS) is 13.5. The molecule has 0 unspecified atom stereocenters. The predicted octanol–water partition coefficient (Wildman–Crippen LogP) is 1.14. The minimum absolute atomic E-state index is 0.110. The molecule has 1 aromatic heterocycles. The molecule has 0 aliphatic rings. The van der Waals surface area contributed by atoms with Crippen LogP contribution in [-0.4, -0.2) is 39.7 Å². The number of amides is 2. The first kappa shape index (κ1) is 16.0. The van der Waals surface area contributed by atoms with Crippen LogP contribution in [-0.2, 0) is 11.2 Å². The Hall–Kier alpha value is -2.05. The highest BCUT2D eigenvalue weighted by Crippen LogP contribution is 2.07. The second-order valence-corrected chi connectivity index (χ2v) is 4.74. The van der Waals surface area contributed by atoms with Crippen molar-refractivity contribution in [3.05, 3.63) is 18.2 Å². The molecule has 1 aromatic rings. The molecule has 0 saturated heterocycles. The highest BCUT2D eigenvalue weighted by atomic mass is 16.4. The predicted molar refractivity (Wildman–Crippen MR) is 74.3 cm³/mol. The van der Waals surface area contributed by atoms with Crippen LogP contribution in [0.15, 0.2) is 12.4 Å². The monoisotopic (exact) mass is 282 g/mol. The summed E-state index contributed by atoms with van der Waals surface area (Å²) in [5, 5.41) is 14.2. The van der Waals surface area contributed by atoms with Gasteiger partial charge < -0.3 is 20.7 Å². The van der Waals surface area contributed by atoms with E-state index in [2.05, 4.69) is 20.6 Å². The molecule has 0 fully saturated rings. The van der Waals surface area contributed by atoms with Crippen molar-refractivity contribution in [2.45, 2.75) is 39.2 Å². The van der Waals surface area contributed by atoms with Crippen molar-refractivity contribution in [2.75, 3.05) is 6.54 Å². The van der Waals surface area contributed by atoms with E-state index in [0.29, 0.717) is 13.0 Å². The zero-order valence-electron chi connectivity index (χ0n) is 11.8. The summed E-state index contributed by atoms with van der Waals surface area (Å²) in [5.74, 6) is -0.248. The Bertz CT molecular complexity index is 419. The van der Waals surface area contributed by atoms with Crippen molar-refractivity contribution in [3.63, 3.8) is 0 Å². The van der Waals surface area contributed by atoms with E-state index in [4.69, 9.17) is 5.11 Å². The molecule has 112 valence electrons. The van der Waals surface area contributed by atoms with E-state index in [9.17, 15) is 9.59 Å². The molecule has 2 amide bonds. The van der Waals surface area contributed by atoms with E-state index in [1.54, 1.807) is 19.3 Å². The number of nitrogens with zero attached hydrogens (tertiary/aromatic N) is 1. The maximum absolute atomic E-state index is 11.6. The Kier molecular flexibility index (Phi) is 6.55. The second-order valence-electron chi connectivity index (χ2n) is 4.74. The standard InChI is InChI=1S/C13H22N4O3/c1-3-9(2)11(12(18)19)17-13(20)16-6-4-5-10-14-7-8-15-10/h7-9,11H,3-6H2,1-2H3,(H,14,15)(H,18,19)(H2,16,17,20)/t9-,11-/m0/s1. The first-order valence-corrected chi connectivity index (χ1v) is 6.80. The number of aryl methyl sites for hydroxylation is 1. The average Bonchev–Trinajstić information content (AvgIpc) is 2.93. The summed E-state index contributed by atoms with van der Waals surface area (Å²) in [6, 6.07) is -1.30. The lowest BCUT2D eigenvalue weighted by Crippen LogP contribution is -2.49. The van der Waals surface area contributed by atoms with Gasteiger partial charge in [-0.05, 0) is 12.3 Å². The second kappa shape index (κ2) is 8.19. The van der Waals surface area contributed by atoms with Crippen LogP contribution in [0.1, 0.15) is 32.5 Å². The molecule has 0 radical (unpaired) electrons. The van der Waals surface area contributed by atoms with Gasteiger partial charge in [0.1, 0.15) is 11.9 Å².